The SMILES string of the molecule is CCOC(=O)c1c(-c2ccc(OCC3CC3)cc2)c2c[c]ccc2n1Cc1cccc(OC)c1. The number of ether oxygens (including phenoxy) is 3. The molecular weight excluding hydrogens is 426 g/mol. The summed E-state index contributed by atoms with van der Waals surface area (Å²) < 4.78 is 18.9. The van der Waals surface area contributed by atoms with Gasteiger partial charge in [0.15, 0.2) is 0 Å². The number of nitrogens with zero attached hydrogens (tertiary/aromatic N) is 1. The molecule has 3 aromatic carbocycles. The number of carbonyl (C=O) groups is 1. The van der Waals surface area contributed by atoms with Gasteiger partial charge in [-0.25, -0.2) is 4.79 Å². The summed E-state index contributed by atoms with van der Waals surface area (Å²) in [6, 6.07) is 24.9. The predicted octanol–water partition coefficient (Wildman–Crippen LogP) is 6.13. The molecule has 1 aliphatic rings. The van der Waals surface area contributed by atoms with Crippen molar-refractivity contribution < 1.29 is 19.0 Å². The maximum atomic E-state index is 13.3. The summed E-state index contributed by atoms with van der Waals surface area (Å²) in [5.74, 6) is 1.98. The van der Waals surface area contributed by atoms with Crippen LogP contribution in [0.1, 0.15) is 35.8 Å². The van der Waals surface area contributed by atoms with Crippen LogP contribution in [-0.4, -0.2) is 30.9 Å². The first kappa shape index (κ1) is 22.1. The molecule has 0 N–H and O–H groups in total. The Morgan fingerprint density at radius 2 is 1.91 bits per heavy atom. The summed E-state index contributed by atoms with van der Waals surface area (Å²) in [5.41, 5.74) is 4.31. The van der Waals surface area contributed by atoms with Crippen LogP contribution in [-0.2, 0) is 11.3 Å². The van der Waals surface area contributed by atoms with Gasteiger partial charge in [-0.2, -0.15) is 0 Å². The molecule has 4 aromatic rings. The smallest absolute Gasteiger partial charge is 0.355 e. The van der Waals surface area contributed by atoms with Gasteiger partial charge in [-0.1, -0.05) is 30.3 Å². The number of hydrogen-bond donors (Lipinski definition) is 0. The Labute approximate surface area is 199 Å². The van der Waals surface area contributed by atoms with Crippen LogP contribution in [0.4, 0.5) is 0 Å². The summed E-state index contributed by atoms with van der Waals surface area (Å²) in [6.45, 7) is 3.40. The normalized spacial score (nSPS) is 13.1. The molecule has 5 heteroatoms. The molecule has 0 unspecified atom stereocenters. The molecule has 0 atom stereocenters. The molecule has 1 radical (unpaired) electrons. The van der Waals surface area contributed by atoms with Crippen LogP contribution in [0.2, 0.25) is 0 Å². The van der Waals surface area contributed by atoms with Crippen molar-refractivity contribution in [2.45, 2.75) is 26.3 Å². The van der Waals surface area contributed by atoms with Gasteiger partial charge < -0.3 is 18.8 Å². The van der Waals surface area contributed by atoms with Crippen molar-refractivity contribution in [1.29, 1.82) is 0 Å². The molecule has 34 heavy (non-hydrogen) atoms. The maximum Gasteiger partial charge on any atom is 0.355 e. The molecule has 173 valence electrons. The van der Waals surface area contributed by atoms with Gasteiger partial charge in [-0.15, -0.1) is 0 Å². The first-order chi connectivity index (χ1) is 16.7. The van der Waals surface area contributed by atoms with E-state index in [9.17, 15) is 4.79 Å². The molecule has 0 spiro atoms. The zero-order chi connectivity index (χ0) is 23.5. The third-order valence-corrected chi connectivity index (χ3v) is 6.18. The van der Waals surface area contributed by atoms with Crippen LogP contribution in [0.5, 0.6) is 11.5 Å². The molecule has 1 saturated carbocycles. The van der Waals surface area contributed by atoms with Crippen LogP contribution in [0.15, 0.2) is 66.7 Å². The Balaban J connectivity index is 1.61. The number of aromatic nitrogens is 1. The zero-order valence-electron chi connectivity index (χ0n) is 19.5. The van der Waals surface area contributed by atoms with Gasteiger partial charge in [0.2, 0.25) is 0 Å². The van der Waals surface area contributed by atoms with Crippen molar-refractivity contribution in [3.63, 3.8) is 0 Å². The molecule has 1 fully saturated rings. The van der Waals surface area contributed by atoms with E-state index >= 15 is 0 Å². The first-order valence-electron chi connectivity index (χ1n) is 11.7. The molecule has 1 aromatic heterocycles. The lowest BCUT2D eigenvalue weighted by Gasteiger charge is -2.13. The van der Waals surface area contributed by atoms with Crippen molar-refractivity contribution in [2.75, 3.05) is 20.3 Å². The van der Waals surface area contributed by atoms with Gasteiger partial charge >= 0.3 is 5.97 Å². The minimum atomic E-state index is -0.342. The second-order valence-corrected chi connectivity index (χ2v) is 8.60. The maximum absolute atomic E-state index is 13.3. The Hall–Kier alpha value is -3.73. The topological polar surface area (TPSA) is 49.7 Å². The van der Waals surface area contributed by atoms with Gasteiger partial charge in [0, 0.05) is 23.0 Å². The van der Waals surface area contributed by atoms with Crippen molar-refractivity contribution >= 4 is 16.9 Å². The van der Waals surface area contributed by atoms with E-state index in [0.717, 1.165) is 45.7 Å². The number of rotatable bonds is 9. The fourth-order valence-electron chi connectivity index (χ4n) is 4.28. The van der Waals surface area contributed by atoms with Crippen LogP contribution in [0, 0.1) is 12.0 Å². The number of benzene rings is 3. The molecule has 1 heterocycles. The average Bonchev–Trinajstić information content (AvgIpc) is 3.65. The lowest BCUT2D eigenvalue weighted by Crippen LogP contribution is -2.14. The average molecular weight is 455 g/mol. The Morgan fingerprint density at radius 1 is 1.09 bits per heavy atom. The zero-order valence-corrected chi connectivity index (χ0v) is 19.5. The van der Waals surface area contributed by atoms with Crippen molar-refractivity contribution in [1.82, 2.24) is 4.57 Å². The van der Waals surface area contributed by atoms with E-state index < -0.39 is 0 Å². The molecule has 0 saturated heterocycles. The van der Waals surface area contributed by atoms with E-state index in [0.29, 0.717) is 24.8 Å². The highest BCUT2D eigenvalue weighted by Gasteiger charge is 2.25. The van der Waals surface area contributed by atoms with Gasteiger partial charge in [0.25, 0.3) is 0 Å². The largest absolute Gasteiger partial charge is 0.497 e. The van der Waals surface area contributed by atoms with E-state index in [1.54, 1.807) is 7.11 Å². The van der Waals surface area contributed by atoms with E-state index in [4.69, 9.17) is 14.2 Å². The van der Waals surface area contributed by atoms with Gasteiger partial charge in [0.05, 0.1) is 20.3 Å². The predicted molar refractivity (Wildman–Crippen MR) is 132 cm³/mol. The molecule has 0 aliphatic heterocycles. The summed E-state index contributed by atoms with van der Waals surface area (Å²) >= 11 is 0. The van der Waals surface area contributed by atoms with Crippen molar-refractivity contribution in [3.8, 4) is 22.6 Å². The lowest BCUT2D eigenvalue weighted by molar-refractivity contribution is 0.0516. The fourth-order valence-corrected chi connectivity index (χ4v) is 4.28. The summed E-state index contributed by atoms with van der Waals surface area (Å²) in [5, 5.41) is 0.958. The highest BCUT2D eigenvalue weighted by atomic mass is 16.5. The number of carbonyl (C=O) groups excluding carboxylic acids is 1. The van der Waals surface area contributed by atoms with E-state index in [1.807, 2.05) is 78.2 Å². The fraction of sp³-hybridized carbons (Fsp3) is 0.276. The quantitative estimate of drug-likeness (QED) is 0.286. The minimum absolute atomic E-state index is 0.305. The summed E-state index contributed by atoms with van der Waals surface area (Å²) in [4.78, 5) is 13.3. The summed E-state index contributed by atoms with van der Waals surface area (Å²) in [6.07, 6.45) is 2.51. The number of hydrogen-bond acceptors (Lipinski definition) is 4. The van der Waals surface area contributed by atoms with Gasteiger partial charge in [0.1, 0.15) is 17.2 Å². The number of methoxy groups -OCH3 is 1. The van der Waals surface area contributed by atoms with Gasteiger partial charge in [-0.3, -0.25) is 0 Å². The molecule has 1 aliphatic carbocycles. The van der Waals surface area contributed by atoms with Crippen LogP contribution >= 0.6 is 0 Å². The van der Waals surface area contributed by atoms with E-state index in [-0.39, 0.29) is 5.97 Å². The molecule has 0 bridgehead atoms. The Bertz CT molecular complexity index is 1300. The second kappa shape index (κ2) is 9.64. The molecular formula is C29H28NO4. The first-order valence-corrected chi connectivity index (χ1v) is 11.7. The van der Waals surface area contributed by atoms with Crippen LogP contribution in [0.25, 0.3) is 22.0 Å². The third-order valence-electron chi connectivity index (χ3n) is 6.18. The monoisotopic (exact) mass is 454 g/mol. The lowest BCUT2D eigenvalue weighted by atomic mass is 10.0. The summed E-state index contributed by atoms with van der Waals surface area (Å²) in [7, 11) is 1.65. The standard InChI is InChI=1S/C29H28NO4/c1-3-33-29(31)28-27(22-13-15-23(16-14-22)34-19-20-11-12-20)25-9-4-5-10-26(25)30(28)18-21-7-6-8-24(17-21)32-2/h5-10,13-17,20H,3,11-12,18-19H2,1-2H3. The van der Waals surface area contributed by atoms with Crippen LogP contribution in [0.3, 0.4) is 0 Å². The molecule has 0 amide bonds. The highest BCUT2D eigenvalue weighted by molar-refractivity contribution is 6.08. The number of fused-ring (bicyclic) bond motifs is 1. The van der Waals surface area contributed by atoms with E-state index in [1.165, 1.54) is 12.8 Å². The van der Waals surface area contributed by atoms with Crippen molar-refractivity contribution in [2.24, 2.45) is 5.92 Å². The van der Waals surface area contributed by atoms with Gasteiger partial charge in [-0.05, 0) is 79.3 Å². The second-order valence-electron chi connectivity index (χ2n) is 8.60. The van der Waals surface area contributed by atoms with E-state index in [2.05, 4.69) is 6.07 Å². The third kappa shape index (κ3) is 4.51. The van der Waals surface area contributed by atoms with Crippen molar-refractivity contribution in [3.05, 3.63) is 84.1 Å². The Morgan fingerprint density at radius 3 is 2.65 bits per heavy atom. The number of esters is 1. The van der Waals surface area contributed by atoms with Crippen LogP contribution < -0.4 is 9.47 Å². The minimum Gasteiger partial charge on any atom is -0.497 e. The molecule has 5 rings (SSSR count). The molecule has 5 nitrogen and oxygen atoms in total. The highest BCUT2D eigenvalue weighted by Crippen LogP contribution is 2.37. The Kier molecular flexibility index (Phi) is 6.26.